The van der Waals surface area contributed by atoms with Gasteiger partial charge in [-0.05, 0) is 136 Å². The number of ether oxygens (including phenoxy) is 1. The van der Waals surface area contributed by atoms with Crippen LogP contribution in [0.4, 0.5) is 0 Å². The molecule has 12 rings (SSSR count). The van der Waals surface area contributed by atoms with E-state index in [1.807, 2.05) is 0 Å². The second-order valence-electron chi connectivity index (χ2n) is 17.2. The lowest BCUT2D eigenvalue weighted by Crippen LogP contribution is -2.15. The van der Waals surface area contributed by atoms with Gasteiger partial charge >= 0.3 is 0 Å². The second kappa shape index (κ2) is 11.4. The second-order valence-corrected chi connectivity index (χ2v) is 17.2. The van der Waals surface area contributed by atoms with E-state index < -0.39 is 0 Å². The van der Waals surface area contributed by atoms with Gasteiger partial charge in [0.1, 0.15) is 11.5 Å². The van der Waals surface area contributed by atoms with Crippen molar-refractivity contribution in [1.29, 1.82) is 0 Å². The Bertz CT molecular complexity index is 3200. The Morgan fingerprint density at radius 3 is 1.70 bits per heavy atom. The molecule has 0 bridgehead atoms. The summed E-state index contributed by atoms with van der Waals surface area (Å²) < 4.78 is 6.61. The molecule has 1 heterocycles. The van der Waals surface area contributed by atoms with Crippen LogP contribution in [0.15, 0.2) is 170 Å². The highest BCUT2D eigenvalue weighted by molar-refractivity contribution is 6.11. The Hall–Kier alpha value is -6.70. The molecule has 0 unspecified atom stereocenters. The van der Waals surface area contributed by atoms with Crippen molar-refractivity contribution in [1.82, 2.24) is 0 Å². The van der Waals surface area contributed by atoms with E-state index in [0.717, 1.165) is 17.1 Å². The minimum absolute atomic E-state index is 0.0737. The number of fused-ring (bicyclic) bond motifs is 10. The lowest BCUT2D eigenvalue weighted by atomic mass is 9.79. The summed E-state index contributed by atoms with van der Waals surface area (Å²) >= 11 is 0. The molecule has 2 aliphatic carbocycles. The first kappa shape index (κ1) is 32.5. The Kier molecular flexibility index (Phi) is 6.53. The van der Waals surface area contributed by atoms with Crippen molar-refractivity contribution in [3.05, 3.63) is 192 Å². The smallest absolute Gasteiger partial charge is 0.135 e. The molecule has 57 heavy (non-hydrogen) atoms. The van der Waals surface area contributed by atoms with Gasteiger partial charge < -0.3 is 4.74 Å². The van der Waals surface area contributed by atoms with Crippen LogP contribution in [0.3, 0.4) is 0 Å². The number of benzene rings is 9. The highest BCUT2D eigenvalue weighted by Crippen LogP contribution is 2.56. The largest absolute Gasteiger partial charge is 0.456 e. The summed E-state index contributed by atoms with van der Waals surface area (Å²) in [6, 6.07) is 63.1. The molecule has 0 N–H and O–H groups in total. The van der Waals surface area contributed by atoms with Crippen LogP contribution >= 0.6 is 0 Å². The van der Waals surface area contributed by atoms with Gasteiger partial charge in [-0.1, -0.05) is 161 Å². The Labute approximate surface area is 333 Å². The molecular formula is C56H40O. The average molecular weight is 729 g/mol. The maximum atomic E-state index is 6.61. The molecule has 0 fully saturated rings. The van der Waals surface area contributed by atoms with Crippen molar-refractivity contribution in [2.75, 3.05) is 0 Å². The third kappa shape index (κ3) is 4.46. The third-order valence-corrected chi connectivity index (χ3v) is 13.5. The molecule has 9 aromatic carbocycles. The summed E-state index contributed by atoms with van der Waals surface area (Å²) in [7, 11) is 0. The number of rotatable bonds is 3. The molecule has 0 saturated heterocycles. The van der Waals surface area contributed by atoms with Crippen LogP contribution < -0.4 is 4.74 Å². The van der Waals surface area contributed by atoms with Crippen molar-refractivity contribution < 1.29 is 4.74 Å². The van der Waals surface area contributed by atoms with E-state index in [0.29, 0.717) is 0 Å². The summed E-state index contributed by atoms with van der Waals surface area (Å²) in [5.74, 6) is 1.82. The Morgan fingerprint density at radius 2 is 0.912 bits per heavy atom. The fourth-order valence-corrected chi connectivity index (χ4v) is 10.6. The van der Waals surface area contributed by atoms with Gasteiger partial charge in [0.25, 0.3) is 0 Å². The molecule has 3 aliphatic rings. The zero-order chi connectivity index (χ0) is 38.2. The number of hydrogen-bond donors (Lipinski definition) is 0. The van der Waals surface area contributed by atoms with Gasteiger partial charge in [-0.25, -0.2) is 0 Å². The van der Waals surface area contributed by atoms with Gasteiger partial charge in [0.05, 0.1) is 0 Å². The molecule has 0 atom stereocenters. The Morgan fingerprint density at radius 1 is 0.316 bits per heavy atom. The third-order valence-electron chi connectivity index (χ3n) is 13.5. The van der Waals surface area contributed by atoms with Crippen LogP contribution in [0.25, 0.3) is 88.3 Å². The average Bonchev–Trinajstić information content (AvgIpc) is 3.62. The summed E-state index contributed by atoms with van der Waals surface area (Å²) in [6.45, 7) is 9.57. The van der Waals surface area contributed by atoms with Crippen LogP contribution in [0, 0.1) is 0 Å². The molecule has 9 aromatic rings. The van der Waals surface area contributed by atoms with Crippen LogP contribution in [0.1, 0.15) is 49.9 Å². The van der Waals surface area contributed by atoms with Gasteiger partial charge in [-0.2, -0.15) is 0 Å². The maximum absolute atomic E-state index is 6.61. The van der Waals surface area contributed by atoms with Crippen LogP contribution in [0.5, 0.6) is 11.5 Å². The molecule has 1 heteroatoms. The lowest BCUT2D eigenvalue weighted by molar-refractivity contribution is 0.487. The molecular weight excluding hydrogens is 689 g/mol. The predicted octanol–water partition coefficient (Wildman–Crippen LogP) is 15.4. The minimum atomic E-state index is -0.180. The van der Waals surface area contributed by atoms with Crippen LogP contribution in [-0.2, 0) is 10.8 Å². The molecule has 1 aliphatic heterocycles. The van der Waals surface area contributed by atoms with E-state index in [1.54, 1.807) is 0 Å². The Balaban J connectivity index is 0.965. The topological polar surface area (TPSA) is 9.23 Å². The molecule has 0 spiro atoms. The van der Waals surface area contributed by atoms with E-state index >= 15 is 0 Å². The van der Waals surface area contributed by atoms with E-state index in [4.69, 9.17) is 4.74 Å². The normalized spacial score (nSPS) is 14.7. The molecule has 0 saturated carbocycles. The maximum Gasteiger partial charge on any atom is 0.135 e. The van der Waals surface area contributed by atoms with Gasteiger partial charge in [0.15, 0.2) is 0 Å². The van der Waals surface area contributed by atoms with E-state index in [1.165, 1.54) is 105 Å². The first-order chi connectivity index (χ1) is 27.8. The van der Waals surface area contributed by atoms with Crippen molar-refractivity contribution in [2.45, 2.75) is 38.5 Å². The highest BCUT2D eigenvalue weighted by atomic mass is 16.5. The van der Waals surface area contributed by atoms with E-state index in [9.17, 15) is 0 Å². The number of hydrogen-bond acceptors (Lipinski definition) is 1. The SMILES string of the molecule is CC1(C)c2cc(-c3cc4c(c5ccccc35)-c3ccccc3C4(C)C)ccc2-c2ccc(-c3ccc4c5c(cccc35)-c3cc(-c5ccccc5)ccc3O4)cc21. The molecule has 0 amide bonds. The summed E-state index contributed by atoms with van der Waals surface area (Å²) in [4.78, 5) is 0. The van der Waals surface area contributed by atoms with Crippen LogP contribution in [0.2, 0.25) is 0 Å². The fraction of sp³-hybridized carbons (Fsp3) is 0.107. The van der Waals surface area contributed by atoms with Gasteiger partial charge in [-0.3, -0.25) is 0 Å². The van der Waals surface area contributed by atoms with Crippen molar-refractivity contribution in [3.8, 4) is 78.3 Å². The summed E-state index contributed by atoms with van der Waals surface area (Å²) in [6.07, 6.45) is 0. The molecule has 0 aromatic heterocycles. The predicted molar refractivity (Wildman–Crippen MR) is 238 cm³/mol. The molecule has 1 nitrogen and oxygen atoms in total. The summed E-state index contributed by atoms with van der Waals surface area (Å²) in [5.41, 5.74) is 20.5. The zero-order valence-corrected chi connectivity index (χ0v) is 32.6. The zero-order valence-electron chi connectivity index (χ0n) is 32.6. The first-order valence-electron chi connectivity index (χ1n) is 20.2. The first-order valence-corrected chi connectivity index (χ1v) is 20.2. The fourth-order valence-electron chi connectivity index (χ4n) is 10.6. The van der Waals surface area contributed by atoms with Crippen molar-refractivity contribution in [2.24, 2.45) is 0 Å². The van der Waals surface area contributed by atoms with Gasteiger partial charge in [0.2, 0.25) is 0 Å². The van der Waals surface area contributed by atoms with Gasteiger partial charge in [0, 0.05) is 21.8 Å². The molecule has 0 radical (unpaired) electrons. The summed E-state index contributed by atoms with van der Waals surface area (Å²) in [5, 5.41) is 5.03. The lowest BCUT2D eigenvalue weighted by Gasteiger charge is -2.25. The minimum Gasteiger partial charge on any atom is -0.456 e. The van der Waals surface area contributed by atoms with Crippen LogP contribution in [-0.4, -0.2) is 0 Å². The van der Waals surface area contributed by atoms with E-state index in [-0.39, 0.29) is 10.8 Å². The molecule has 270 valence electrons. The standard InChI is InChI=1S/C56H40O/c1-55(2)47-20-11-10-17-44(47)53-42-16-9-8-15-38(42)45(32-50(53)55)36-22-25-40-39-24-21-35(30-48(39)56(3,4)49(40)31-36)37-26-28-52-54-41(37)18-12-19-43(54)46-29-34(23-27-51(46)57-52)33-13-6-5-7-14-33/h5-32H,1-4H3. The van der Waals surface area contributed by atoms with E-state index in [2.05, 4.69) is 198 Å². The van der Waals surface area contributed by atoms with Gasteiger partial charge in [-0.15, -0.1) is 0 Å². The monoisotopic (exact) mass is 728 g/mol. The van der Waals surface area contributed by atoms with Crippen molar-refractivity contribution in [3.63, 3.8) is 0 Å². The quantitative estimate of drug-likeness (QED) is 0.176. The van der Waals surface area contributed by atoms with Crippen molar-refractivity contribution >= 4 is 21.5 Å². The highest BCUT2D eigenvalue weighted by Gasteiger charge is 2.39.